The van der Waals surface area contributed by atoms with E-state index in [9.17, 15) is 4.79 Å². The van der Waals surface area contributed by atoms with Gasteiger partial charge in [-0.3, -0.25) is 4.79 Å². The molecule has 2 aliphatic heterocycles. The van der Waals surface area contributed by atoms with Crippen LogP contribution in [0, 0.1) is 5.92 Å². The lowest BCUT2D eigenvalue weighted by Gasteiger charge is -2.30. The van der Waals surface area contributed by atoms with Crippen LogP contribution in [0.15, 0.2) is 29.6 Å². The first-order valence-corrected chi connectivity index (χ1v) is 8.16. The lowest BCUT2D eigenvalue weighted by molar-refractivity contribution is 0.0909. The maximum absolute atomic E-state index is 12.4. The van der Waals surface area contributed by atoms with Crippen molar-refractivity contribution in [3.05, 3.63) is 35.2 Å². The molecule has 3 nitrogen and oxygen atoms in total. The number of carbonyl (C=O) groups excluding carboxylic acids is 1. The molecule has 1 aromatic heterocycles. The molecule has 0 aliphatic carbocycles. The third-order valence-corrected chi connectivity index (χ3v) is 5.40. The lowest BCUT2D eigenvalue weighted by atomic mass is 9.96. The Morgan fingerprint density at radius 3 is 3.15 bits per heavy atom. The van der Waals surface area contributed by atoms with Crippen molar-refractivity contribution in [3.8, 4) is 0 Å². The van der Waals surface area contributed by atoms with E-state index < -0.39 is 0 Å². The number of thiophene rings is 1. The van der Waals surface area contributed by atoms with Crippen molar-refractivity contribution < 1.29 is 4.79 Å². The zero-order valence-corrected chi connectivity index (χ0v) is 12.2. The van der Waals surface area contributed by atoms with E-state index in [2.05, 4.69) is 21.7 Å². The number of hydrogen-bond acceptors (Lipinski definition) is 3. The van der Waals surface area contributed by atoms with Gasteiger partial charge in [0.15, 0.2) is 0 Å². The highest BCUT2D eigenvalue weighted by molar-refractivity contribution is 7.17. The summed E-state index contributed by atoms with van der Waals surface area (Å²) in [7, 11) is 0. The van der Waals surface area contributed by atoms with Crippen molar-refractivity contribution in [1.29, 1.82) is 0 Å². The highest BCUT2D eigenvalue weighted by Crippen LogP contribution is 2.27. The predicted octanol–water partition coefficient (Wildman–Crippen LogP) is 2.73. The number of amides is 1. The van der Waals surface area contributed by atoms with Crippen LogP contribution in [-0.4, -0.2) is 36.5 Å². The molecule has 3 atom stereocenters. The van der Waals surface area contributed by atoms with Gasteiger partial charge in [-0.25, -0.2) is 0 Å². The second-order valence-corrected chi connectivity index (χ2v) is 6.94. The second kappa shape index (κ2) is 4.86. The van der Waals surface area contributed by atoms with E-state index in [4.69, 9.17) is 0 Å². The molecule has 3 heterocycles. The number of hydrogen-bond donors (Lipinski definition) is 1. The van der Waals surface area contributed by atoms with Gasteiger partial charge in [0.1, 0.15) is 0 Å². The minimum Gasteiger partial charge on any atom is -0.348 e. The molecular weight excluding hydrogens is 268 g/mol. The van der Waals surface area contributed by atoms with E-state index in [1.807, 2.05) is 18.2 Å². The number of benzene rings is 1. The van der Waals surface area contributed by atoms with Crippen LogP contribution in [0.25, 0.3) is 10.1 Å². The van der Waals surface area contributed by atoms with Crippen molar-refractivity contribution in [3.63, 3.8) is 0 Å². The number of nitrogens with one attached hydrogen (secondary N) is 1. The zero-order chi connectivity index (χ0) is 13.5. The van der Waals surface area contributed by atoms with E-state index in [-0.39, 0.29) is 5.91 Å². The lowest BCUT2D eigenvalue weighted by Crippen LogP contribution is -2.46. The molecule has 4 heteroatoms. The van der Waals surface area contributed by atoms with Crippen molar-refractivity contribution in [1.82, 2.24) is 10.2 Å². The first-order valence-electron chi connectivity index (χ1n) is 7.28. The monoisotopic (exact) mass is 286 g/mol. The van der Waals surface area contributed by atoms with E-state index in [0.717, 1.165) is 24.4 Å². The van der Waals surface area contributed by atoms with Gasteiger partial charge in [-0.15, -0.1) is 11.3 Å². The maximum atomic E-state index is 12.4. The summed E-state index contributed by atoms with van der Waals surface area (Å²) in [5, 5.41) is 6.50. The Bertz CT molecular complexity index is 639. The quantitative estimate of drug-likeness (QED) is 0.920. The Labute approximate surface area is 122 Å². The molecule has 2 saturated heterocycles. The van der Waals surface area contributed by atoms with Crippen LogP contribution in [0.5, 0.6) is 0 Å². The van der Waals surface area contributed by atoms with Gasteiger partial charge in [-0.2, -0.15) is 0 Å². The van der Waals surface area contributed by atoms with Crippen LogP contribution >= 0.6 is 11.3 Å². The van der Waals surface area contributed by atoms with E-state index in [1.54, 1.807) is 11.3 Å². The van der Waals surface area contributed by atoms with Crippen LogP contribution in [0.1, 0.15) is 23.2 Å². The van der Waals surface area contributed by atoms with E-state index in [1.165, 1.54) is 29.6 Å². The normalized spacial score (nSPS) is 28.7. The zero-order valence-electron chi connectivity index (χ0n) is 11.3. The third-order valence-electron chi connectivity index (χ3n) is 4.52. The number of carbonyl (C=O) groups is 1. The fourth-order valence-corrected chi connectivity index (χ4v) is 4.36. The average molecular weight is 286 g/mol. The first kappa shape index (κ1) is 12.4. The van der Waals surface area contributed by atoms with Crippen LogP contribution in [0.4, 0.5) is 0 Å². The van der Waals surface area contributed by atoms with Gasteiger partial charge >= 0.3 is 0 Å². The molecule has 104 valence electrons. The highest BCUT2D eigenvalue weighted by Gasteiger charge is 2.32. The predicted molar refractivity (Wildman–Crippen MR) is 82.2 cm³/mol. The fourth-order valence-electron chi connectivity index (χ4n) is 3.53. The molecule has 0 radical (unpaired) electrons. The topological polar surface area (TPSA) is 32.3 Å². The summed E-state index contributed by atoms with van der Waals surface area (Å²) < 4.78 is 1.19. The van der Waals surface area contributed by atoms with Crippen LogP contribution < -0.4 is 5.32 Å². The highest BCUT2D eigenvalue weighted by atomic mass is 32.1. The standard InChI is InChI=1S/C16H18N2OS/c19-16(13-2-1-12-4-6-20-15(12)8-13)17-14-7-11-3-5-18(9-11)10-14/h1-2,4,6,8,11,14H,3,5,7,9-10H2,(H,17,19)/t11-,14-/m1/s1. The molecule has 0 spiro atoms. The van der Waals surface area contributed by atoms with Crippen LogP contribution in [0.3, 0.4) is 0 Å². The van der Waals surface area contributed by atoms with E-state index in [0.29, 0.717) is 6.04 Å². The molecule has 1 amide bonds. The van der Waals surface area contributed by atoms with Gasteiger partial charge in [0, 0.05) is 29.4 Å². The Kier molecular flexibility index (Phi) is 3.00. The minimum atomic E-state index is 0.0767. The summed E-state index contributed by atoms with van der Waals surface area (Å²) in [6, 6.07) is 8.39. The van der Waals surface area contributed by atoms with Gasteiger partial charge in [0.05, 0.1) is 0 Å². The number of rotatable bonds is 2. The first-order chi connectivity index (χ1) is 9.78. The largest absolute Gasteiger partial charge is 0.348 e. The van der Waals surface area contributed by atoms with E-state index >= 15 is 0 Å². The summed E-state index contributed by atoms with van der Waals surface area (Å²) in [6.07, 6.45) is 2.44. The SMILES string of the molecule is O=C(N[C@@H]1C[C@H]2CCN(C2)C1)c1ccc2ccsc2c1. The summed E-state index contributed by atoms with van der Waals surface area (Å²) in [6.45, 7) is 3.45. The van der Waals surface area contributed by atoms with Crippen molar-refractivity contribution in [2.24, 2.45) is 5.92 Å². The number of piperidine rings is 1. The Morgan fingerprint density at radius 1 is 1.30 bits per heavy atom. The molecule has 2 aromatic rings. The summed E-state index contributed by atoms with van der Waals surface area (Å²) in [5.74, 6) is 0.863. The molecule has 0 saturated carbocycles. The summed E-state index contributed by atoms with van der Waals surface area (Å²) >= 11 is 1.69. The molecule has 4 rings (SSSR count). The molecule has 2 bridgehead atoms. The summed E-state index contributed by atoms with van der Waals surface area (Å²) in [5.41, 5.74) is 0.785. The summed E-state index contributed by atoms with van der Waals surface area (Å²) in [4.78, 5) is 14.9. The van der Waals surface area contributed by atoms with Crippen LogP contribution in [0.2, 0.25) is 0 Å². The Balaban J connectivity index is 1.49. The van der Waals surface area contributed by atoms with Gasteiger partial charge in [0.2, 0.25) is 0 Å². The molecule has 20 heavy (non-hydrogen) atoms. The fraction of sp³-hybridized carbons (Fsp3) is 0.438. The average Bonchev–Trinajstić information content (AvgIpc) is 3.04. The van der Waals surface area contributed by atoms with Crippen molar-refractivity contribution in [2.75, 3.05) is 19.6 Å². The number of nitrogens with zero attached hydrogens (tertiary/aromatic N) is 1. The van der Waals surface area contributed by atoms with Gasteiger partial charge in [0.25, 0.3) is 5.91 Å². The Morgan fingerprint density at radius 2 is 2.25 bits per heavy atom. The number of fused-ring (bicyclic) bond motifs is 3. The second-order valence-electron chi connectivity index (χ2n) is 5.99. The smallest absolute Gasteiger partial charge is 0.251 e. The van der Waals surface area contributed by atoms with Crippen molar-refractivity contribution in [2.45, 2.75) is 18.9 Å². The van der Waals surface area contributed by atoms with Gasteiger partial charge < -0.3 is 10.2 Å². The van der Waals surface area contributed by atoms with Gasteiger partial charge in [-0.05, 0) is 54.3 Å². The third kappa shape index (κ3) is 2.23. The van der Waals surface area contributed by atoms with Crippen LogP contribution in [-0.2, 0) is 0 Å². The molecule has 1 unspecified atom stereocenters. The van der Waals surface area contributed by atoms with Crippen molar-refractivity contribution >= 4 is 27.3 Å². The Hall–Kier alpha value is -1.39. The van der Waals surface area contributed by atoms with Gasteiger partial charge in [-0.1, -0.05) is 6.07 Å². The molecule has 1 aromatic carbocycles. The minimum absolute atomic E-state index is 0.0767. The molecule has 2 aliphatic rings. The molecule has 2 fully saturated rings. The maximum Gasteiger partial charge on any atom is 0.251 e. The molecular formula is C16H18N2OS. The molecule has 1 N–H and O–H groups in total.